The summed E-state index contributed by atoms with van der Waals surface area (Å²) >= 11 is 0. The van der Waals surface area contributed by atoms with Crippen LogP contribution in [0.5, 0.6) is 5.88 Å². The van der Waals surface area contributed by atoms with E-state index in [1.165, 1.54) is 0 Å². The van der Waals surface area contributed by atoms with Gasteiger partial charge in [-0.3, -0.25) is 0 Å². The number of nitrogens with one attached hydrogen (secondary N) is 1. The van der Waals surface area contributed by atoms with Gasteiger partial charge in [0, 0.05) is 24.8 Å². The molecule has 1 saturated heterocycles. The molecule has 0 radical (unpaired) electrons. The molecule has 0 aliphatic carbocycles. The first-order chi connectivity index (χ1) is 9.74. The number of morpholine rings is 1. The molecule has 1 N–H and O–H groups in total. The number of nitrogens with zero attached hydrogens (tertiary/aromatic N) is 3. The Morgan fingerprint density at radius 3 is 3.10 bits per heavy atom. The van der Waals surface area contributed by atoms with E-state index in [9.17, 15) is 0 Å². The Hall–Kier alpha value is -1.40. The lowest BCUT2D eigenvalue weighted by Crippen LogP contribution is -2.50. The summed E-state index contributed by atoms with van der Waals surface area (Å²) in [6.07, 6.45) is 0.971. The summed E-state index contributed by atoms with van der Waals surface area (Å²) in [5, 5.41) is 3.19. The lowest BCUT2D eigenvalue weighted by molar-refractivity contribution is 0.0933. The quantitative estimate of drug-likeness (QED) is 0.839. The minimum atomic E-state index is 0.259. The van der Waals surface area contributed by atoms with Gasteiger partial charge in [-0.1, -0.05) is 6.92 Å². The first-order valence-electron chi connectivity index (χ1n) is 7.22. The lowest BCUT2D eigenvalue weighted by atomic mass is 10.2. The first-order valence-corrected chi connectivity index (χ1v) is 7.22. The first kappa shape index (κ1) is 15.0. The molecule has 1 atom stereocenters. The Morgan fingerprint density at radius 2 is 2.35 bits per heavy atom. The molecule has 0 bridgehead atoms. The highest BCUT2D eigenvalue weighted by Gasteiger charge is 2.25. The number of rotatable bonds is 6. The molecule has 20 heavy (non-hydrogen) atoms. The minimum Gasteiger partial charge on any atom is -0.478 e. The van der Waals surface area contributed by atoms with Crippen LogP contribution in [0.3, 0.4) is 0 Å². The summed E-state index contributed by atoms with van der Waals surface area (Å²) in [5.74, 6) is 1.39. The van der Waals surface area contributed by atoms with Gasteiger partial charge in [-0.05, 0) is 20.4 Å². The van der Waals surface area contributed by atoms with Crippen molar-refractivity contribution in [2.24, 2.45) is 0 Å². The van der Waals surface area contributed by atoms with Crippen LogP contribution in [0.15, 0.2) is 6.07 Å². The second kappa shape index (κ2) is 7.40. The fourth-order valence-electron chi connectivity index (χ4n) is 2.26. The summed E-state index contributed by atoms with van der Waals surface area (Å²) in [6.45, 7) is 7.80. The summed E-state index contributed by atoms with van der Waals surface area (Å²) in [6, 6.07) is 2.14. The largest absolute Gasteiger partial charge is 0.478 e. The number of ether oxygens (including phenoxy) is 2. The van der Waals surface area contributed by atoms with Gasteiger partial charge in [0.1, 0.15) is 0 Å². The van der Waals surface area contributed by atoms with Crippen LogP contribution in [-0.4, -0.2) is 56.0 Å². The molecule has 1 fully saturated rings. The molecule has 0 saturated carbocycles. The highest BCUT2D eigenvalue weighted by Crippen LogP contribution is 2.19. The molecule has 1 aliphatic heterocycles. The number of aryl methyl sites for hydroxylation is 1. The third-order valence-electron chi connectivity index (χ3n) is 3.20. The van der Waals surface area contributed by atoms with Crippen molar-refractivity contribution in [1.29, 1.82) is 0 Å². The zero-order chi connectivity index (χ0) is 14.4. The molecule has 2 rings (SSSR count). The molecular formula is C14H24N4O2. The van der Waals surface area contributed by atoms with Crippen molar-refractivity contribution in [3.05, 3.63) is 11.8 Å². The van der Waals surface area contributed by atoms with Gasteiger partial charge in [0.25, 0.3) is 0 Å². The van der Waals surface area contributed by atoms with E-state index in [1.54, 1.807) is 0 Å². The molecule has 1 aromatic heterocycles. The van der Waals surface area contributed by atoms with E-state index in [-0.39, 0.29) is 6.04 Å². The highest BCUT2D eigenvalue weighted by molar-refractivity contribution is 5.36. The summed E-state index contributed by atoms with van der Waals surface area (Å²) in [7, 11) is 1.94. The lowest BCUT2D eigenvalue weighted by Gasteiger charge is -2.35. The van der Waals surface area contributed by atoms with Gasteiger partial charge in [0.05, 0.1) is 25.9 Å². The van der Waals surface area contributed by atoms with E-state index in [2.05, 4.69) is 27.1 Å². The third-order valence-corrected chi connectivity index (χ3v) is 3.20. The van der Waals surface area contributed by atoms with Gasteiger partial charge in [-0.2, -0.15) is 4.98 Å². The van der Waals surface area contributed by atoms with Crippen LogP contribution >= 0.6 is 0 Å². The topological polar surface area (TPSA) is 59.5 Å². The molecule has 6 heteroatoms. The monoisotopic (exact) mass is 280 g/mol. The van der Waals surface area contributed by atoms with Crippen molar-refractivity contribution in [1.82, 2.24) is 15.3 Å². The van der Waals surface area contributed by atoms with Gasteiger partial charge in [-0.15, -0.1) is 0 Å². The summed E-state index contributed by atoms with van der Waals surface area (Å²) in [5.41, 5.74) is 0.927. The molecule has 1 unspecified atom stereocenters. The standard InChI is InChI=1S/C14H24N4O2/c1-4-6-20-13-8-11(2)16-14(17-13)18-5-7-19-10-12(18)9-15-3/h8,12,15H,4-7,9-10H2,1-3H3. The Bertz CT molecular complexity index is 426. The van der Waals surface area contributed by atoms with Crippen LogP contribution in [-0.2, 0) is 4.74 Å². The van der Waals surface area contributed by atoms with E-state index < -0.39 is 0 Å². The van der Waals surface area contributed by atoms with Gasteiger partial charge >= 0.3 is 0 Å². The van der Waals surface area contributed by atoms with E-state index >= 15 is 0 Å². The zero-order valence-corrected chi connectivity index (χ0v) is 12.6. The molecule has 0 aromatic carbocycles. The van der Waals surface area contributed by atoms with Crippen molar-refractivity contribution in [3.8, 4) is 5.88 Å². The summed E-state index contributed by atoms with van der Waals surface area (Å²) in [4.78, 5) is 11.3. The van der Waals surface area contributed by atoms with Crippen molar-refractivity contribution in [2.45, 2.75) is 26.3 Å². The van der Waals surface area contributed by atoms with Gasteiger partial charge in [0.15, 0.2) is 0 Å². The Balaban J connectivity index is 2.18. The van der Waals surface area contributed by atoms with E-state index in [1.807, 2.05) is 20.0 Å². The second-order valence-electron chi connectivity index (χ2n) is 4.98. The SMILES string of the molecule is CCCOc1cc(C)nc(N2CCOCC2CNC)n1. The molecule has 112 valence electrons. The molecule has 0 amide bonds. The van der Waals surface area contributed by atoms with Gasteiger partial charge in [-0.25, -0.2) is 4.98 Å². The fourth-order valence-corrected chi connectivity index (χ4v) is 2.26. The molecule has 1 aromatic rings. The molecular weight excluding hydrogens is 256 g/mol. The predicted octanol–water partition coefficient (Wildman–Crippen LogP) is 0.998. The van der Waals surface area contributed by atoms with Crippen LogP contribution in [0, 0.1) is 6.92 Å². The maximum absolute atomic E-state index is 5.64. The molecule has 1 aliphatic rings. The molecule has 6 nitrogen and oxygen atoms in total. The molecule has 2 heterocycles. The highest BCUT2D eigenvalue weighted by atomic mass is 16.5. The van der Waals surface area contributed by atoms with Crippen molar-refractivity contribution >= 4 is 5.95 Å². The van der Waals surface area contributed by atoms with Crippen LogP contribution in [0.1, 0.15) is 19.0 Å². The van der Waals surface area contributed by atoms with Gasteiger partial charge < -0.3 is 19.7 Å². The van der Waals surface area contributed by atoms with E-state index in [0.29, 0.717) is 25.7 Å². The van der Waals surface area contributed by atoms with Crippen molar-refractivity contribution in [3.63, 3.8) is 0 Å². The van der Waals surface area contributed by atoms with Gasteiger partial charge in [0.2, 0.25) is 11.8 Å². The Labute approximate surface area is 120 Å². The number of aromatic nitrogens is 2. The zero-order valence-electron chi connectivity index (χ0n) is 12.6. The normalized spacial score (nSPS) is 19.1. The number of likely N-dealkylation sites (N-methyl/N-ethyl adjacent to an activating group) is 1. The smallest absolute Gasteiger partial charge is 0.229 e. The number of hydrogen-bond donors (Lipinski definition) is 1. The molecule has 0 spiro atoms. The minimum absolute atomic E-state index is 0.259. The number of hydrogen-bond acceptors (Lipinski definition) is 6. The fraction of sp³-hybridized carbons (Fsp3) is 0.714. The maximum Gasteiger partial charge on any atom is 0.229 e. The average Bonchev–Trinajstić information content (AvgIpc) is 2.45. The van der Waals surface area contributed by atoms with Crippen LogP contribution in [0.4, 0.5) is 5.95 Å². The predicted molar refractivity (Wildman–Crippen MR) is 78.4 cm³/mol. The van der Waals surface area contributed by atoms with Crippen LogP contribution in [0.2, 0.25) is 0 Å². The van der Waals surface area contributed by atoms with E-state index in [4.69, 9.17) is 9.47 Å². The Kier molecular flexibility index (Phi) is 5.55. The van der Waals surface area contributed by atoms with E-state index in [0.717, 1.165) is 31.2 Å². The van der Waals surface area contributed by atoms with Crippen LogP contribution < -0.4 is 15.0 Å². The van der Waals surface area contributed by atoms with Crippen molar-refractivity contribution in [2.75, 3.05) is 44.9 Å². The summed E-state index contributed by atoms with van der Waals surface area (Å²) < 4.78 is 11.2. The second-order valence-corrected chi connectivity index (χ2v) is 4.98. The Morgan fingerprint density at radius 1 is 1.50 bits per heavy atom. The maximum atomic E-state index is 5.64. The third kappa shape index (κ3) is 3.80. The van der Waals surface area contributed by atoms with Crippen molar-refractivity contribution < 1.29 is 9.47 Å². The average molecular weight is 280 g/mol. The number of anilines is 1. The van der Waals surface area contributed by atoms with Crippen LogP contribution in [0.25, 0.3) is 0 Å².